The van der Waals surface area contributed by atoms with Gasteiger partial charge in [-0.05, 0) is 65.7 Å². The fourth-order valence-electron chi connectivity index (χ4n) is 5.26. The molecule has 3 heteroatoms. The first-order valence-electron chi connectivity index (χ1n) is 14.4. The van der Waals surface area contributed by atoms with Crippen molar-refractivity contribution in [1.29, 1.82) is 0 Å². The van der Waals surface area contributed by atoms with E-state index in [9.17, 15) is 0 Å². The van der Waals surface area contributed by atoms with Gasteiger partial charge < -0.3 is 9.64 Å². The molecule has 0 bridgehead atoms. The smallest absolute Gasteiger partial charge is 0.126 e. The molecule has 0 aromatic heterocycles. The summed E-state index contributed by atoms with van der Waals surface area (Å²) in [6.45, 7) is 16.7. The quantitative estimate of drug-likeness (QED) is 0.170. The van der Waals surface area contributed by atoms with Crippen molar-refractivity contribution in [3.63, 3.8) is 0 Å². The molecule has 3 aromatic carbocycles. The Morgan fingerprint density at radius 2 is 1.58 bits per heavy atom. The fourth-order valence-corrected chi connectivity index (χ4v) is 7.16. The zero-order chi connectivity index (χ0) is 27.9. The van der Waals surface area contributed by atoms with Gasteiger partial charge in [-0.25, -0.2) is 0 Å². The van der Waals surface area contributed by atoms with E-state index in [2.05, 4.69) is 128 Å². The van der Waals surface area contributed by atoms with Crippen LogP contribution in [0.4, 0.5) is 5.69 Å². The lowest BCUT2D eigenvalue weighted by molar-refractivity contribution is 0.295. The summed E-state index contributed by atoms with van der Waals surface area (Å²) in [5, 5.41) is 1.47. The highest BCUT2D eigenvalue weighted by Gasteiger charge is 2.36. The molecule has 0 radical (unpaired) electrons. The number of benzene rings is 3. The maximum absolute atomic E-state index is 6.76. The van der Waals surface area contributed by atoms with Crippen LogP contribution in [0.15, 0.2) is 60.7 Å². The fraction of sp³-hybridized carbons (Fsp3) is 0.486. The van der Waals surface area contributed by atoms with E-state index in [4.69, 9.17) is 4.74 Å². The lowest BCUT2D eigenvalue weighted by atomic mass is 9.80. The van der Waals surface area contributed by atoms with Crippen molar-refractivity contribution in [1.82, 2.24) is 0 Å². The molecular formula is C35H50NOP. The second-order valence-electron chi connectivity index (χ2n) is 12.1. The van der Waals surface area contributed by atoms with E-state index < -0.39 is 0 Å². The molecule has 38 heavy (non-hydrogen) atoms. The molecule has 2 unspecified atom stereocenters. The van der Waals surface area contributed by atoms with Crippen molar-refractivity contribution in [2.24, 2.45) is 0 Å². The van der Waals surface area contributed by atoms with E-state index in [0.29, 0.717) is 15.2 Å². The number of hydrogen-bond donors (Lipinski definition) is 0. The lowest BCUT2D eigenvalue weighted by Gasteiger charge is -2.38. The second-order valence-corrected chi connectivity index (χ2v) is 13.9. The third-order valence-electron chi connectivity index (χ3n) is 7.70. The van der Waals surface area contributed by atoms with Crippen molar-refractivity contribution in [2.45, 2.75) is 97.7 Å². The van der Waals surface area contributed by atoms with Crippen molar-refractivity contribution >= 4 is 19.6 Å². The van der Waals surface area contributed by atoms with Gasteiger partial charge in [0.15, 0.2) is 0 Å². The summed E-state index contributed by atoms with van der Waals surface area (Å²) in [5.41, 5.74) is 7.98. The van der Waals surface area contributed by atoms with Crippen LogP contribution in [0.1, 0.15) is 94.5 Å². The summed E-state index contributed by atoms with van der Waals surface area (Å²) in [5.74, 6) is 1.09. The molecule has 0 saturated heterocycles. The van der Waals surface area contributed by atoms with Gasteiger partial charge in [-0.15, -0.1) is 0 Å². The highest BCUT2D eigenvalue weighted by atomic mass is 31.1. The first-order valence-corrected chi connectivity index (χ1v) is 15.4. The average molecular weight is 532 g/mol. The van der Waals surface area contributed by atoms with Gasteiger partial charge in [0, 0.05) is 30.5 Å². The van der Waals surface area contributed by atoms with Crippen LogP contribution in [0.3, 0.4) is 0 Å². The summed E-state index contributed by atoms with van der Waals surface area (Å²) in [4.78, 5) is 2.28. The van der Waals surface area contributed by atoms with Crippen molar-refractivity contribution in [2.75, 3.05) is 19.0 Å². The number of nitrogens with zero attached hydrogens (tertiary/aromatic N) is 1. The van der Waals surface area contributed by atoms with Crippen LogP contribution in [0.2, 0.25) is 0 Å². The number of ether oxygens (including phenoxy) is 1. The number of hydrogen-bond acceptors (Lipinski definition) is 2. The van der Waals surface area contributed by atoms with E-state index >= 15 is 0 Å². The van der Waals surface area contributed by atoms with Crippen molar-refractivity contribution in [3.05, 3.63) is 88.5 Å². The SMILES string of the molecule is CCCCCC(CC)(Pc1ccc(C)cc1N(C)C)c1cc(C(C)(C)C)cc(C)c1OCc1ccccc1. The molecule has 0 aliphatic rings. The Morgan fingerprint density at radius 1 is 0.868 bits per heavy atom. The predicted molar refractivity (Wildman–Crippen MR) is 170 cm³/mol. The van der Waals surface area contributed by atoms with Crippen LogP contribution in [0.5, 0.6) is 5.75 Å². The Bertz CT molecular complexity index is 1180. The highest BCUT2D eigenvalue weighted by Crippen LogP contribution is 2.53. The molecule has 0 saturated carbocycles. The zero-order valence-electron chi connectivity index (χ0n) is 25.4. The molecule has 0 heterocycles. The van der Waals surface area contributed by atoms with Gasteiger partial charge in [0.25, 0.3) is 0 Å². The normalized spacial score (nSPS) is 13.6. The summed E-state index contributed by atoms with van der Waals surface area (Å²) >= 11 is 0. The Hall–Kier alpha value is -2.31. The molecule has 206 valence electrons. The van der Waals surface area contributed by atoms with Crippen LogP contribution >= 0.6 is 8.58 Å². The van der Waals surface area contributed by atoms with Crippen molar-refractivity contribution in [3.8, 4) is 5.75 Å². The molecule has 0 amide bonds. The summed E-state index contributed by atoms with van der Waals surface area (Å²) in [6, 6.07) is 22.4. The Kier molecular flexibility index (Phi) is 10.5. The molecule has 0 fully saturated rings. The Balaban J connectivity index is 2.21. The van der Waals surface area contributed by atoms with E-state index in [-0.39, 0.29) is 10.6 Å². The van der Waals surface area contributed by atoms with E-state index in [0.717, 1.165) is 12.2 Å². The van der Waals surface area contributed by atoms with E-state index in [1.807, 2.05) is 0 Å². The molecule has 0 N–H and O–H groups in total. The molecule has 2 atom stereocenters. The maximum atomic E-state index is 6.76. The van der Waals surface area contributed by atoms with Gasteiger partial charge in [-0.2, -0.15) is 0 Å². The topological polar surface area (TPSA) is 12.5 Å². The van der Waals surface area contributed by atoms with Gasteiger partial charge in [0.1, 0.15) is 12.4 Å². The van der Waals surface area contributed by atoms with Crippen molar-refractivity contribution < 1.29 is 4.74 Å². The third-order valence-corrected chi connectivity index (χ3v) is 9.75. The van der Waals surface area contributed by atoms with Crippen LogP contribution in [-0.2, 0) is 17.2 Å². The minimum atomic E-state index is 0.0211. The Labute approximate surface area is 235 Å². The standard InChI is InChI=1S/C35H50NOP/c1-10-12-16-21-35(11-2,38-32-20-19-26(3)22-31(32)36(8)9)30-24-29(34(5,6)7)23-27(4)33(30)37-25-28-17-14-13-15-18-28/h13-15,17-20,22-24,38H,10-12,16,21,25H2,1-9H3. The van der Waals surface area contributed by atoms with Gasteiger partial charge >= 0.3 is 0 Å². The molecular weight excluding hydrogens is 481 g/mol. The predicted octanol–water partition coefficient (Wildman–Crippen LogP) is 9.44. The lowest BCUT2D eigenvalue weighted by Crippen LogP contribution is -2.27. The van der Waals surface area contributed by atoms with Crippen LogP contribution in [0.25, 0.3) is 0 Å². The minimum Gasteiger partial charge on any atom is -0.488 e. The Morgan fingerprint density at radius 3 is 2.18 bits per heavy atom. The van der Waals surface area contributed by atoms with E-state index in [1.165, 1.54) is 64.5 Å². The van der Waals surface area contributed by atoms with Gasteiger partial charge in [0.2, 0.25) is 0 Å². The number of unbranched alkanes of at least 4 members (excludes halogenated alkanes) is 2. The zero-order valence-corrected chi connectivity index (χ0v) is 26.4. The average Bonchev–Trinajstić information content (AvgIpc) is 2.88. The van der Waals surface area contributed by atoms with E-state index in [1.54, 1.807) is 0 Å². The summed E-state index contributed by atoms with van der Waals surface area (Å²) in [6.07, 6.45) is 5.99. The van der Waals surface area contributed by atoms with Crippen LogP contribution in [-0.4, -0.2) is 14.1 Å². The monoisotopic (exact) mass is 531 g/mol. The third kappa shape index (κ3) is 7.41. The number of anilines is 1. The van der Waals surface area contributed by atoms with Crippen LogP contribution in [0, 0.1) is 13.8 Å². The van der Waals surface area contributed by atoms with Gasteiger partial charge in [-0.1, -0.05) is 117 Å². The first-order chi connectivity index (χ1) is 18.0. The van der Waals surface area contributed by atoms with Crippen LogP contribution < -0.4 is 14.9 Å². The number of aryl methyl sites for hydroxylation is 2. The molecule has 0 spiro atoms. The van der Waals surface area contributed by atoms with Gasteiger partial charge in [0.05, 0.1) is 0 Å². The minimum absolute atomic E-state index is 0.0211. The largest absolute Gasteiger partial charge is 0.488 e. The summed E-state index contributed by atoms with van der Waals surface area (Å²) in [7, 11) is 5.01. The first kappa shape index (κ1) is 30.2. The molecule has 0 aliphatic carbocycles. The maximum Gasteiger partial charge on any atom is 0.126 e. The second kappa shape index (κ2) is 13.2. The molecule has 3 aromatic rings. The molecule has 0 aliphatic heterocycles. The van der Waals surface area contributed by atoms with Gasteiger partial charge in [-0.3, -0.25) is 0 Å². The molecule has 2 nitrogen and oxygen atoms in total. The number of rotatable bonds is 12. The summed E-state index contributed by atoms with van der Waals surface area (Å²) < 4.78 is 6.76. The highest BCUT2D eigenvalue weighted by molar-refractivity contribution is 7.49. The molecule has 3 rings (SSSR count).